The minimum absolute atomic E-state index is 0.370. The maximum absolute atomic E-state index is 4.40. The van der Waals surface area contributed by atoms with E-state index in [0.29, 0.717) is 17.2 Å². The third kappa shape index (κ3) is 2.58. The zero-order valence-electron chi connectivity index (χ0n) is 11.8. The van der Waals surface area contributed by atoms with Crippen LogP contribution in [0.15, 0.2) is 47.9 Å². The normalized spacial score (nSPS) is 25.2. The molecule has 3 nitrogen and oxygen atoms in total. The van der Waals surface area contributed by atoms with E-state index in [1.807, 2.05) is 25.0 Å². The van der Waals surface area contributed by atoms with Crippen molar-refractivity contribution in [3.63, 3.8) is 0 Å². The second kappa shape index (κ2) is 5.94. The summed E-state index contributed by atoms with van der Waals surface area (Å²) in [5.74, 6) is 0.588. The predicted molar refractivity (Wildman–Crippen MR) is 83.0 cm³/mol. The van der Waals surface area contributed by atoms with Gasteiger partial charge in [-0.15, -0.1) is 0 Å². The van der Waals surface area contributed by atoms with Gasteiger partial charge in [0.1, 0.15) is 5.03 Å². The van der Waals surface area contributed by atoms with Crippen LogP contribution in [0.1, 0.15) is 36.4 Å². The summed E-state index contributed by atoms with van der Waals surface area (Å²) in [5, 5.41) is 4.97. The zero-order chi connectivity index (χ0) is 13.9. The molecule has 1 aromatic carbocycles. The summed E-state index contributed by atoms with van der Waals surface area (Å²) >= 11 is 1.83. The van der Waals surface area contributed by atoms with Crippen molar-refractivity contribution in [1.29, 1.82) is 0 Å². The van der Waals surface area contributed by atoms with E-state index in [-0.39, 0.29) is 0 Å². The summed E-state index contributed by atoms with van der Waals surface area (Å²) in [5.41, 5.74) is 2.90. The lowest BCUT2D eigenvalue weighted by molar-refractivity contribution is 0.472. The van der Waals surface area contributed by atoms with Crippen LogP contribution in [0.3, 0.4) is 0 Å². The van der Waals surface area contributed by atoms with E-state index in [1.165, 1.54) is 11.1 Å². The zero-order valence-corrected chi connectivity index (χ0v) is 12.6. The van der Waals surface area contributed by atoms with Gasteiger partial charge in [-0.3, -0.25) is 4.98 Å². The summed E-state index contributed by atoms with van der Waals surface area (Å²) in [6.07, 6.45) is 6.49. The molecule has 1 aliphatic rings. The molecule has 0 saturated carbocycles. The van der Waals surface area contributed by atoms with Gasteiger partial charge < -0.3 is 5.32 Å². The molecule has 3 rings (SSSR count). The smallest absolute Gasteiger partial charge is 0.115 e. The molecule has 1 N–H and O–H groups in total. The molecule has 0 radical (unpaired) electrons. The number of benzene rings is 1. The van der Waals surface area contributed by atoms with Crippen molar-refractivity contribution >= 4 is 11.8 Å². The Kier molecular flexibility index (Phi) is 4.03. The minimum atomic E-state index is 0.370. The minimum Gasteiger partial charge on any atom is -0.312 e. The number of aromatic nitrogens is 2. The molecule has 20 heavy (non-hydrogen) atoms. The molecular weight excluding hydrogens is 266 g/mol. The average molecular weight is 285 g/mol. The summed E-state index contributed by atoms with van der Waals surface area (Å²) in [4.78, 5) is 8.56. The van der Waals surface area contributed by atoms with Gasteiger partial charge in [-0.2, -0.15) is 0 Å². The highest BCUT2D eigenvalue weighted by atomic mass is 32.2. The van der Waals surface area contributed by atoms with Crippen molar-refractivity contribution < 1.29 is 0 Å². The highest BCUT2D eigenvalue weighted by molar-refractivity contribution is 7.99. The topological polar surface area (TPSA) is 37.8 Å². The first-order valence-corrected chi connectivity index (χ1v) is 7.86. The van der Waals surface area contributed by atoms with E-state index in [0.717, 1.165) is 11.4 Å². The van der Waals surface area contributed by atoms with Crippen LogP contribution in [0.5, 0.6) is 0 Å². The quantitative estimate of drug-likeness (QED) is 0.938. The van der Waals surface area contributed by atoms with Gasteiger partial charge in [0.05, 0.1) is 6.20 Å². The number of thioether (sulfide) groups is 1. The lowest BCUT2D eigenvalue weighted by Crippen LogP contribution is -2.33. The highest BCUT2D eigenvalue weighted by Crippen LogP contribution is 2.44. The number of hydrogen-bond donors (Lipinski definition) is 1. The molecule has 0 aliphatic heterocycles. The van der Waals surface area contributed by atoms with Crippen LogP contribution < -0.4 is 5.32 Å². The molecular formula is C16H19N3S. The monoisotopic (exact) mass is 285 g/mol. The van der Waals surface area contributed by atoms with Crippen molar-refractivity contribution in [2.24, 2.45) is 0 Å². The number of fused-ring (bicyclic) bond motifs is 1. The Morgan fingerprint density at radius 1 is 1.20 bits per heavy atom. The van der Waals surface area contributed by atoms with Crippen molar-refractivity contribution in [2.75, 3.05) is 7.05 Å². The Morgan fingerprint density at radius 2 is 2.00 bits per heavy atom. The van der Waals surface area contributed by atoms with E-state index < -0.39 is 0 Å². The predicted octanol–water partition coefficient (Wildman–Crippen LogP) is 3.41. The molecule has 1 aliphatic carbocycles. The van der Waals surface area contributed by atoms with Crippen LogP contribution in [0.2, 0.25) is 0 Å². The summed E-state index contributed by atoms with van der Waals surface area (Å²) in [6, 6.07) is 9.14. The van der Waals surface area contributed by atoms with Crippen LogP contribution in [-0.2, 0) is 0 Å². The third-order valence-electron chi connectivity index (χ3n) is 3.94. The number of rotatable bonds is 3. The Morgan fingerprint density at radius 3 is 2.70 bits per heavy atom. The SMILES string of the molecule is CNC1c2ccccc2C(C)CC1Sc1cnccn1. The van der Waals surface area contributed by atoms with E-state index in [2.05, 4.69) is 46.5 Å². The summed E-state index contributed by atoms with van der Waals surface area (Å²) in [7, 11) is 2.04. The number of nitrogens with one attached hydrogen (secondary N) is 1. The first-order valence-electron chi connectivity index (χ1n) is 6.98. The van der Waals surface area contributed by atoms with Crippen molar-refractivity contribution in [1.82, 2.24) is 15.3 Å². The van der Waals surface area contributed by atoms with Crippen molar-refractivity contribution in [3.8, 4) is 0 Å². The molecule has 0 amide bonds. The molecule has 0 bridgehead atoms. The van der Waals surface area contributed by atoms with Crippen molar-refractivity contribution in [2.45, 2.75) is 35.6 Å². The fourth-order valence-electron chi connectivity index (χ4n) is 3.01. The fourth-order valence-corrected chi connectivity index (χ4v) is 4.37. The van der Waals surface area contributed by atoms with E-state index in [9.17, 15) is 0 Å². The Hall–Kier alpha value is -1.39. The molecule has 0 fully saturated rings. The number of hydrogen-bond acceptors (Lipinski definition) is 4. The third-order valence-corrected chi connectivity index (χ3v) is 5.16. The molecule has 104 valence electrons. The first kappa shape index (κ1) is 13.6. The molecule has 1 heterocycles. The molecule has 3 unspecified atom stereocenters. The standard InChI is InChI=1S/C16H19N3S/c1-11-9-14(20-15-10-18-7-8-19-15)16(17-2)13-6-4-3-5-12(11)13/h3-8,10-11,14,16-17H,9H2,1-2H3. The van der Waals surface area contributed by atoms with E-state index in [1.54, 1.807) is 12.4 Å². The highest BCUT2D eigenvalue weighted by Gasteiger charge is 2.32. The average Bonchev–Trinajstić information content (AvgIpc) is 2.49. The largest absolute Gasteiger partial charge is 0.312 e. The van der Waals surface area contributed by atoms with Gasteiger partial charge in [-0.05, 0) is 30.5 Å². The van der Waals surface area contributed by atoms with Crippen LogP contribution in [-0.4, -0.2) is 22.3 Å². The van der Waals surface area contributed by atoms with Gasteiger partial charge in [0.15, 0.2) is 0 Å². The van der Waals surface area contributed by atoms with Crippen LogP contribution in [0.25, 0.3) is 0 Å². The second-order valence-electron chi connectivity index (χ2n) is 5.23. The van der Waals surface area contributed by atoms with Crippen LogP contribution >= 0.6 is 11.8 Å². The molecule has 0 spiro atoms. The lowest BCUT2D eigenvalue weighted by atomic mass is 9.81. The maximum Gasteiger partial charge on any atom is 0.115 e. The van der Waals surface area contributed by atoms with Gasteiger partial charge in [-0.25, -0.2) is 4.98 Å². The Balaban J connectivity index is 1.90. The van der Waals surface area contributed by atoms with Gasteiger partial charge >= 0.3 is 0 Å². The molecule has 4 heteroatoms. The van der Waals surface area contributed by atoms with Gasteiger partial charge in [0, 0.05) is 23.7 Å². The van der Waals surface area contributed by atoms with Crippen LogP contribution in [0.4, 0.5) is 0 Å². The fraction of sp³-hybridized carbons (Fsp3) is 0.375. The van der Waals surface area contributed by atoms with Crippen molar-refractivity contribution in [3.05, 3.63) is 54.0 Å². The summed E-state index contributed by atoms with van der Waals surface area (Å²) in [6.45, 7) is 2.31. The van der Waals surface area contributed by atoms with E-state index in [4.69, 9.17) is 0 Å². The lowest BCUT2D eigenvalue weighted by Gasteiger charge is -2.36. The van der Waals surface area contributed by atoms with Gasteiger partial charge in [-0.1, -0.05) is 43.0 Å². The Labute approximate surface area is 124 Å². The van der Waals surface area contributed by atoms with Gasteiger partial charge in [0.25, 0.3) is 0 Å². The van der Waals surface area contributed by atoms with E-state index >= 15 is 0 Å². The van der Waals surface area contributed by atoms with Gasteiger partial charge in [0.2, 0.25) is 0 Å². The molecule has 2 aromatic rings. The summed E-state index contributed by atoms with van der Waals surface area (Å²) < 4.78 is 0. The first-order chi connectivity index (χ1) is 9.79. The second-order valence-corrected chi connectivity index (χ2v) is 6.49. The molecule has 3 atom stereocenters. The van der Waals surface area contributed by atoms with Crippen LogP contribution in [0, 0.1) is 0 Å². The molecule has 1 aromatic heterocycles. The Bertz CT molecular complexity index is 573. The number of nitrogens with zero attached hydrogens (tertiary/aromatic N) is 2. The maximum atomic E-state index is 4.40. The molecule has 0 saturated heterocycles.